The molecular weight excluding hydrogens is 320 g/mol. The van der Waals surface area contributed by atoms with Crippen LogP contribution in [0.2, 0.25) is 0 Å². The molecule has 7 heteroatoms. The van der Waals surface area contributed by atoms with Gasteiger partial charge in [0.15, 0.2) is 6.29 Å². The number of halogens is 2. The molecule has 0 N–H and O–H groups in total. The third-order valence-electron chi connectivity index (χ3n) is 3.71. The molecule has 0 radical (unpaired) electrons. The van der Waals surface area contributed by atoms with E-state index in [4.69, 9.17) is 0 Å². The molecule has 1 aliphatic heterocycles. The van der Waals surface area contributed by atoms with E-state index in [1.165, 1.54) is 56.8 Å². The first-order valence-electron chi connectivity index (χ1n) is 7.57. The Morgan fingerprint density at radius 1 is 1.22 bits per heavy atom. The summed E-state index contributed by atoms with van der Waals surface area (Å²) in [5.74, 6) is 0. The molecule has 1 saturated heterocycles. The zero-order valence-electron chi connectivity index (χ0n) is 13.3. The molecule has 0 aromatic carbocycles. The largest absolute Gasteiger partial charge is 0.306 e. The number of aryl methyl sites for hydroxylation is 1. The van der Waals surface area contributed by atoms with Crippen molar-refractivity contribution in [1.82, 2.24) is 14.7 Å². The number of alkyl halides is 2. The molecule has 0 aliphatic carbocycles. The molecule has 4 nitrogen and oxygen atoms in total. The third kappa shape index (κ3) is 4.94. The fraction of sp³-hybridized carbons (Fsp3) is 0.500. The number of carbonyl (C=O) groups is 1. The Balaban J connectivity index is 0.000000229. The van der Waals surface area contributed by atoms with Crippen LogP contribution in [-0.2, 0) is 7.05 Å². The summed E-state index contributed by atoms with van der Waals surface area (Å²) in [6.07, 6.45) is 2.46. The van der Waals surface area contributed by atoms with Crippen LogP contribution in [0, 0.1) is 0 Å². The molecule has 0 saturated carbocycles. The van der Waals surface area contributed by atoms with E-state index in [9.17, 15) is 13.6 Å². The van der Waals surface area contributed by atoms with Gasteiger partial charge in [0.1, 0.15) is 11.4 Å². The maximum absolute atomic E-state index is 12.5. The van der Waals surface area contributed by atoms with Crippen molar-refractivity contribution in [2.75, 3.05) is 20.1 Å². The summed E-state index contributed by atoms with van der Waals surface area (Å²) in [7, 11) is 3.67. The van der Waals surface area contributed by atoms with Crippen molar-refractivity contribution in [1.29, 1.82) is 0 Å². The van der Waals surface area contributed by atoms with Gasteiger partial charge in [0.25, 0.3) is 6.43 Å². The number of likely N-dealkylation sites (tertiary alicyclic amines) is 1. The Bertz CT molecular complexity index is 633. The van der Waals surface area contributed by atoms with Crippen LogP contribution in [0.3, 0.4) is 0 Å². The van der Waals surface area contributed by atoms with E-state index < -0.39 is 6.43 Å². The van der Waals surface area contributed by atoms with Crippen LogP contribution in [0.4, 0.5) is 8.78 Å². The summed E-state index contributed by atoms with van der Waals surface area (Å²) in [6, 6.07) is 4.68. The molecule has 3 rings (SSSR count). The third-order valence-corrected chi connectivity index (χ3v) is 4.75. The average Bonchev–Trinajstić information content (AvgIpc) is 3.14. The second kappa shape index (κ2) is 8.31. The molecule has 23 heavy (non-hydrogen) atoms. The lowest BCUT2D eigenvalue weighted by molar-refractivity contribution is 0.112. The zero-order valence-corrected chi connectivity index (χ0v) is 14.2. The van der Waals surface area contributed by atoms with Gasteiger partial charge in [0.05, 0.1) is 9.75 Å². The van der Waals surface area contributed by atoms with Gasteiger partial charge in [0, 0.05) is 7.05 Å². The van der Waals surface area contributed by atoms with E-state index in [2.05, 4.69) is 17.0 Å². The highest BCUT2D eigenvalue weighted by Crippen LogP contribution is 2.29. The second-order valence-corrected chi connectivity index (χ2v) is 6.68. The van der Waals surface area contributed by atoms with E-state index in [0.717, 1.165) is 11.0 Å². The Hall–Kier alpha value is -1.60. The van der Waals surface area contributed by atoms with Gasteiger partial charge >= 0.3 is 0 Å². The topological polar surface area (TPSA) is 38.1 Å². The number of thiophene rings is 1. The molecule has 0 unspecified atom stereocenters. The van der Waals surface area contributed by atoms with Crippen molar-refractivity contribution >= 4 is 17.6 Å². The van der Waals surface area contributed by atoms with Gasteiger partial charge in [-0.15, -0.1) is 11.3 Å². The molecule has 0 bridgehead atoms. The van der Waals surface area contributed by atoms with Crippen LogP contribution >= 0.6 is 11.3 Å². The van der Waals surface area contributed by atoms with Crippen LogP contribution in [0.1, 0.15) is 41.1 Å². The van der Waals surface area contributed by atoms with Crippen molar-refractivity contribution in [3.05, 3.63) is 28.8 Å². The fourth-order valence-electron chi connectivity index (χ4n) is 2.41. The number of carbonyl (C=O) groups excluding carboxylic acids is 1. The molecule has 2 aromatic rings. The lowest BCUT2D eigenvalue weighted by atomic mass is 10.1. The normalized spacial score (nSPS) is 15.3. The van der Waals surface area contributed by atoms with E-state index in [1.807, 2.05) is 0 Å². The van der Waals surface area contributed by atoms with Gasteiger partial charge in [-0.2, -0.15) is 5.10 Å². The predicted octanol–water partition coefficient (Wildman–Crippen LogP) is 4.00. The van der Waals surface area contributed by atoms with Crippen LogP contribution in [0.15, 0.2) is 18.2 Å². The minimum absolute atomic E-state index is 0.129. The van der Waals surface area contributed by atoms with Gasteiger partial charge in [-0.05, 0) is 51.2 Å². The molecule has 0 amide bonds. The highest BCUT2D eigenvalue weighted by atomic mass is 32.1. The monoisotopic (exact) mass is 341 g/mol. The van der Waals surface area contributed by atoms with Gasteiger partial charge in [-0.1, -0.05) is 6.42 Å². The quantitative estimate of drug-likeness (QED) is 0.792. The van der Waals surface area contributed by atoms with E-state index in [-0.39, 0.29) is 5.69 Å². The van der Waals surface area contributed by atoms with Crippen molar-refractivity contribution in [3.63, 3.8) is 0 Å². The predicted molar refractivity (Wildman–Crippen MR) is 88.2 cm³/mol. The van der Waals surface area contributed by atoms with Crippen molar-refractivity contribution in [2.45, 2.75) is 25.7 Å². The first kappa shape index (κ1) is 17.7. The summed E-state index contributed by atoms with van der Waals surface area (Å²) < 4.78 is 26.2. The van der Waals surface area contributed by atoms with Crippen LogP contribution in [0.25, 0.3) is 10.6 Å². The number of rotatable bonds is 3. The molecular formula is C16H21F2N3OS. The average molecular weight is 341 g/mol. The Labute approximate surface area is 138 Å². The summed E-state index contributed by atoms with van der Waals surface area (Å²) in [5, 5.41) is 3.98. The number of hydrogen-bond donors (Lipinski definition) is 0. The number of aromatic nitrogens is 2. The summed E-state index contributed by atoms with van der Waals surface area (Å²) in [5.41, 5.74) is 0.340. The summed E-state index contributed by atoms with van der Waals surface area (Å²) in [6.45, 7) is 2.64. The molecule has 0 spiro atoms. The maximum Gasteiger partial charge on any atom is 0.280 e. The van der Waals surface area contributed by atoms with E-state index in [0.29, 0.717) is 15.4 Å². The molecule has 0 atom stereocenters. The van der Waals surface area contributed by atoms with Crippen LogP contribution < -0.4 is 0 Å². The summed E-state index contributed by atoms with van der Waals surface area (Å²) >= 11 is 1.23. The Morgan fingerprint density at radius 2 is 1.91 bits per heavy atom. The maximum atomic E-state index is 12.5. The van der Waals surface area contributed by atoms with Gasteiger partial charge in [0.2, 0.25) is 0 Å². The number of piperidine rings is 1. The van der Waals surface area contributed by atoms with E-state index >= 15 is 0 Å². The Kier molecular flexibility index (Phi) is 6.41. The van der Waals surface area contributed by atoms with Crippen molar-refractivity contribution < 1.29 is 13.6 Å². The lowest BCUT2D eigenvalue weighted by Crippen LogP contribution is -2.24. The van der Waals surface area contributed by atoms with Crippen LogP contribution in [0.5, 0.6) is 0 Å². The molecule has 126 valence electrons. The second-order valence-electron chi connectivity index (χ2n) is 5.56. The minimum Gasteiger partial charge on any atom is -0.306 e. The molecule has 2 aromatic heterocycles. The molecule has 1 aliphatic rings. The first-order chi connectivity index (χ1) is 11.0. The highest BCUT2D eigenvalue weighted by molar-refractivity contribution is 7.17. The molecule has 3 heterocycles. The summed E-state index contributed by atoms with van der Waals surface area (Å²) in [4.78, 5) is 14.2. The van der Waals surface area contributed by atoms with Crippen molar-refractivity contribution in [2.24, 2.45) is 7.05 Å². The number of nitrogens with zero attached hydrogens (tertiary/aromatic N) is 3. The van der Waals surface area contributed by atoms with Crippen LogP contribution in [-0.4, -0.2) is 41.1 Å². The zero-order chi connectivity index (χ0) is 16.8. The van der Waals surface area contributed by atoms with E-state index in [1.54, 1.807) is 12.1 Å². The number of aldehydes is 1. The standard InChI is InChI=1S/C10H8F2N2OS.C6H13N/c1-14-8(10(11)12)4-7(13-14)9-3-2-6(5-15)16-9;1-7-5-3-2-4-6-7/h2-5,10H,1H3;2-6H2,1H3. The minimum atomic E-state index is -2.54. The van der Waals surface area contributed by atoms with Gasteiger partial charge in [-0.25, -0.2) is 8.78 Å². The first-order valence-corrected chi connectivity index (χ1v) is 8.39. The smallest absolute Gasteiger partial charge is 0.280 e. The SMILES string of the molecule is CN1CCCCC1.Cn1nc(-c2ccc(C=O)s2)cc1C(F)F. The highest BCUT2D eigenvalue weighted by Gasteiger charge is 2.16. The Morgan fingerprint density at radius 3 is 2.35 bits per heavy atom. The fourth-order valence-corrected chi connectivity index (χ4v) is 3.19. The van der Waals surface area contributed by atoms with Gasteiger partial charge in [-0.3, -0.25) is 9.48 Å². The van der Waals surface area contributed by atoms with Gasteiger partial charge < -0.3 is 4.90 Å². The van der Waals surface area contributed by atoms with Crippen molar-refractivity contribution in [3.8, 4) is 10.6 Å². The molecule has 1 fully saturated rings. The number of hydrogen-bond acceptors (Lipinski definition) is 4. The lowest BCUT2D eigenvalue weighted by Gasteiger charge is -2.20.